The number of hydrogen-bond donors (Lipinski definition) is 0. The Morgan fingerprint density at radius 3 is 2.19 bits per heavy atom. The summed E-state index contributed by atoms with van der Waals surface area (Å²) in [4.78, 5) is 0. The topological polar surface area (TPSA) is 26.3 Å². The normalized spacial score (nSPS) is 11.3. The molecule has 27 heavy (non-hydrogen) atoms. The first-order valence-electron chi connectivity index (χ1n) is 8.49. The van der Waals surface area contributed by atoms with Crippen LogP contribution in [0.5, 0.6) is 0 Å². The molecule has 4 heteroatoms. The average molecular weight is 389 g/mol. The van der Waals surface area contributed by atoms with Gasteiger partial charge >= 0.3 is 0 Å². The Balaban J connectivity index is 1.82. The average Bonchev–Trinajstić information content (AvgIpc) is 3.10. The van der Waals surface area contributed by atoms with Crippen LogP contribution in [0.25, 0.3) is 44.2 Å². The number of furan rings is 1. The van der Waals surface area contributed by atoms with E-state index >= 15 is 0 Å². The molecule has 0 aliphatic carbocycles. The summed E-state index contributed by atoms with van der Waals surface area (Å²) < 4.78 is 12.0. The largest absolute Gasteiger partial charge is 0.464 e. The second-order valence-corrected chi connectivity index (χ2v) is 7.18. The lowest BCUT2D eigenvalue weighted by molar-refractivity contribution is 0.583. The van der Waals surface area contributed by atoms with E-state index in [1.807, 2.05) is 54.6 Å². The van der Waals surface area contributed by atoms with Gasteiger partial charge in [-0.25, -0.2) is 0 Å². The lowest BCUT2D eigenvalue weighted by Crippen LogP contribution is -1.83. The Bertz CT molecular complexity index is 1330. The highest BCUT2D eigenvalue weighted by atomic mass is 35.5. The Morgan fingerprint density at radius 2 is 1.41 bits per heavy atom. The van der Waals surface area contributed by atoms with Gasteiger partial charge in [0.15, 0.2) is 4.71 Å². The first kappa shape index (κ1) is 16.3. The monoisotopic (exact) mass is 388 g/mol. The predicted octanol–water partition coefficient (Wildman–Crippen LogP) is 7.90. The fourth-order valence-corrected chi connectivity index (χ4v) is 3.73. The number of halogens is 1. The van der Waals surface area contributed by atoms with E-state index in [-0.39, 0.29) is 0 Å². The summed E-state index contributed by atoms with van der Waals surface area (Å²) in [5, 5.41) is 2.73. The van der Waals surface area contributed by atoms with E-state index in [9.17, 15) is 0 Å². The smallest absolute Gasteiger partial charge is 0.191 e. The molecule has 0 aliphatic rings. The molecular weight excluding hydrogens is 376 g/mol. The van der Waals surface area contributed by atoms with Crippen LogP contribution in [0.15, 0.2) is 87.9 Å². The van der Waals surface area contributed by atoms with Crippen LogP contribution in [0.1, 0.15) is 0 Å². The van der Waals surface area contributed by atoms with E-state index in [0.29, 0.717) is 15.3 Å². The van der Waals surface area contributed by atoms with E-state index in [1.54, 1.807) is 6.26 Å². The van der Waals surface area contributed by atoms with Gasteiger partial charge in [0.1, 0.15) is 11.2 Å². The maximum Gasteiger partial charge on any atom is 0.191 e. The summed E-state index contributed by atoms with van der Waals surface area (Å²) in [5.41, 5.74) is 5.69. The minimum Gasteiger partial charge on any atom is -0.464 e. The Labute approximate surface area is 165 Å². The third kappa shape index (κ3) is 2.85. The van der Waals surface area contributed by atoms with Gasteiger partial charge in [-0.05, 0) is 47.1 Å². The summed E-state index contributed by atoms with van der Waals surface area (Å²) in [6.45, 7) is 0. The van der Waals surface area contributed by atoms with Crippen LogP contribution < -0.4 is 0 Å². The molecule has 0 spiro atoms. The summed E-state index contributed by atoms with van der Waals surface area (Å²) >= 11 is 11.4. The Morgan fingerprint density at radius 1 is 0.704 bits per heavy atom. The molecule has 0 saturated carbocycles. The first-order valence-corrected chi connectivity index (χ1v) is 9.28. The molecule has 130 valence electrons. The van der Waals surface area contributed by atoms with Gasteiger partial charge in [0.2, 0.25) is 0 Å². The van der Waals surface area contributed by atoms with Gasteiger partial charge in [-0.3, -0.25) is 0 Å². The van der Waals surface area contributed by atoms with E-state index < -0.39 is 0 Å². The Kier molecular flexibility index (Phi) is 3.85. The highest BCUT2D eigenvalue weighted by Crippen LogP contribution is 2.37. The quantitative estimate of drug-likeness (QED) is 0.287. The van der Waals surface area contributed by atoms with Crippen molar-refractivity contribution in [3.63, 3.8) is 0 Å². The van der Waals surface area contributed by atoms with Gasteiger partial charge in [-0.1, -0.05) is 54.1 Å². The third-order valence-corrected chi connectivity index (χ3v) is 5.13. The highest BCUT2D eigenvalue weighted by Gasteiger charge is 2.13. The van der Waals surface area contributed by atoms with Gasteiger partial charge in [0.05, 0.1) is 6.26 Å². The number of benzene rings is 3. The van der Waals surface area contributed by atoms with Crippen molar-refractivity contribution >= 4 is 45.8 Å². The van der Waals surface area contributed by atoms with Gasteiger partial charge in [-0.15, -0.1) is 0 Å². The molecule has 0 aliphatic heterocycles. The molecule has 0 N–H and O–H groups in total. The van der Waals surface area contributed by atoms with Gasteiger partial charge in [0.25, 0.3) is 0 Å². The molecule has 0 saturated heterocycles. The zero-order chi connectivity index (χ0) is 18.4. The third-order valence-electron chi connectivity index (χ3n) is 4.68. The zero-order valence-corrected chi connectivity index (χ0v) is 15.7. The summed E-state index contributed by atoms with van der Waals surface area (Å²) in [6.07, 6.45) is 1.77. The standard InChI is InChI=1S/C23H13ClO2S/c24-16-8-6-15(7-9-16)20-13-25-21-12-22-18(10-19(20)21)17(11-23(27)26-22)14-4-2-1-3-5-14/h1-13H. The van der Waals surface area contributed by atoms with Crippen molar-refractivity contribution in [1.82, 2.24) is 0 Å². The van der Waals surface area contributed by atoms with Crippen LogP contribution in [0.2, 0.25) is 5.02 Å². The predicted molar refractivity (Wildman–Crippen MR) is 113 cm³/mol. The van der Waals surface area contributed by atoms with Gasteiger partial charge in [0, 0.05) is 33.5 Å². The van der Waals surface area contributed by atoms with E-state index in [1.165, 1.54) is 0 Å². The lowest BCUT2D eigenvalue weighted by Gasteiger charge is -2.07. The molecule has 0 amide bonds. The molecule has 5 rings (SSSR count). The van der Waals surface area contributed by atoms with Crippen molar-refractivity contribution in [1.29, 1.82) is 0 Å². The van der Waals surface area contributed by atoms with Gasteiger partial charge < -0.3 is 8.83 Å². The van der Waals surface area contributed by atoms with Crippen molar-refractivity contribution in [3.05, 3.63) is 88.8 Å². The van der Waals surface area contributed by atoms with Crippen LogP contribution >= 0.6 is 23.8 Å². The molecule has 0 bridgehead atoms. The zero-order valence-electron chi connectivity index (χ0n) is 14.1. The van der Waals surface area contributed by atoms with Crippen molar-refractivity contribution in [2.45, 2.75) is 0 Å². The molecule has 5 aromatic rings. The van der Waals surface area contributed by atoms with Crippen molar-refractivity contribution < 1.29 is 8.83 Å². The summed E-state index contributed by atoms with van der Waals surface area (Å²) in [6, 6.07) is 23.8. The minimum absolute atomic E-state index is 0.449. The molecule has 0 atom stereocenters. The number of hydrogen-bond acceptors (Lipinski definition) is 3. The molecule has 0 fully saturated rings. The first-order chi connectivity index (χ1) is 13.2. The van der Waals surface area contributed by atoms with Crippen molar-refractivity contribution in [2.75, 3.05) is 0 Å². The molecule has 0 unspecified atom stereocenters. The molecule has 2 aromatic heterocycles. The van der Waals surface area contributed by atoms with E-state index in [2.05, 4.69) is 18.2 Å². The molecular formula is C23H13ClO2S. The van der Waals surface area contributed by atoms with Gasteiger partial charge in [-0.2, -0.15) is 0 Å². The lowest BCUT2D eigenvalue weighted by atomic mass is 9.99. The van der Waals surface area contributed by atoms with Crippen molar-refractivity contribution in [2.24, 2.45) is 0 Å². The maximum absolute atomic E-state index is 6.03. The molecule has 3 aromatic carbocycles. The highest BCUT2D eigenvalue weighted by molar-refractivity contribution is 7.71. The van der Waals surface area contributed by atoms with Crippen LogP contribution in [0.3, 0.4) is 0 Å². The van der Waals surface area contributed by atoms with Crippen molar-refractivity contribution in [3.8, 4) is 22.3 Å². The Hall–Kier alpha value is -2.88. The van der Waals surface area contributed by atoms with E-state index in [0.717, 1.165) is 38.6 Å². The molecule has 2 nitrogen and oxygen atoms in total. The number of rotatable bonds is 2. The fraction of sp³-hybridized carbons (Fsp3) is 0. The molecule has 0 radical (unpaired) electrons. The van der Waals surface area contributed by atoms with Crippen LogP contribution in [0.4, 0.5) is 0 Å². The second-order valence-electron chi connectivity index (χ2n) is 6.35. The molecule has 2 heterocycles. The van der Waals surface area contributed by atoms with Crippen LogP contribution in [0, 0.1) is 4.71 Å². The summed E-state index contributed by atoms with van der Waals surface area (Å²) in [5.74, 6) is 0. The van der Waals surface area contributed by atoms with Crippen LogP contribution in [-0.2, 0) is 0 Å². The van der Waals surface area contributed by atoms with Crippen LogP contribution in [-0.4, -0.2) is 0 Å². The SMILES string of the molecule is S=c1cc(-c2ccccc2)c2cc3c(-c4ccc(Cl)cc4)coc3cc2o1. The maximum atomic E-state index is 6.03. The minimum atomic E-state index is 0.449. The summed E-state index contributed by atoms with van der Waals surface area (Å²) in [7, 11) is 0. The second kappa shape index (κ2) is 6.38. The fourth-order valence-electron chi connectivity index (χ4n) is 3.39. The van der Waals surface area contributed by atoms with E-state index in [4.69, 9.17) is 32.7 Å². The number of fused-ring (bicyclic) bond motifs is 2.